The van der Waals surface area contributed by atoms with E-state index in [4.69, 9.17) is 4.74 Å². The number of carboxylic acids is 1. The molecule has 7 nitrogen and oxygen atoms in total. The lowest BCUT2D eigenvalue weighted by Gasteiger charge is -2.28. The number of nitrogens with zero attached hydrogens (tertiary/aromatic N) is 1. The largest absolute Gasteiger partial charge is 0.494 e. The van der Waals surface area contributed by atoms with Crippen LogP contribution >= 0.6 is 0 Å². The quantitative estimate of drug-likeness (QED) is 0.675. The molecule has 1 fully saturated rings. The van der Waals surface area contributed by atoms with Crippen LogP contribution in [0.2, 0.25) is 0 Å². The standard InChI is InChI=1S/C19H27NO6S/c1-14(2)19(18(22)23)10-11-20(13-19)17(21)5-4-12-26-15-6-8-16(9-7-15)27(3,24)25/h6-9,14H,4-5,10-13H2,1-3H3,(H,22,23). The molecule has 2 rings (SSSR count). The molecular formula is C19H27NO6S. The van der Waals surface area contributed by atoms with E-state index in [-0.39, 0.29) is 29.7 Å². The summed E-state index contributed by atoms with van der Waals surface area (Å²) < 4.78 is 28.4. The van der Waals surface area contributed by atoms with Gasteiger partial charge < -0.3 is 14.7 Å². The van der Waals surface area contributed by atoms with E-state index in [2.05, 4.69) is 0 Å². The maximum absolute atomic E-state index is 12.4. The molecular weight excluding hydrogens is 370 g/mol. The molecule has 0 aliphatic carbocycles. The first kappa shape index (κ1) is 21.2. The predicted molar refractivity (Wildman–Crippen MR) is 100 cm³/mol. The van der Waals surface area contributed by atoms with Gasteiger partial charge in [-0.2, -0.15) is 0 Å². The number of hydrogen-bond donors (Lipinski definition) is 1. The molecule has 0 bridgehead atoms. The highest BCUT2D eigenvalue weighted by molar-refractivity contribution is 7.90. The Kier molecular flexibility index (Phi) is 6.51. The second-order valence-corrected chi connectivity index (χ2v) is 9.39. The molecule has 1 aliphatic heterocycles. The van der Waals surface area contributed by atoms with Crippen molar-refractivity contribution in [3.8, 4) is 5.75 Å². The molecule has 27 heavy (non-hydrogen) atoms. The maximum Gasteiger partial charge on any atom is 0.311 e. The lowest BCUT2D eigenvalue weighted by Crippen LogP contribution is -2.40. The van der Waals surface area contributed by atoms with Gasteiger partial charge in [-0.25, -0.2) is 8.42 Å². The molecule has 0 aromatic heterocycles. The van der Waals surface area contributed by atoms with Gasteiger partial charge in [0, 0.05) is 25.8 Å². The Morgan fingerprint density at radius 2 is 1.89 bits per heavy atom. The van der Waals surface area contributed by atoms with Crippen LogP contribution in [0, 0.1) is 11.3 Å². The lowest BCUT2D eigenvalue weighted by molar-refractivity contribution is -0.151. The van der Waals surface area contributed by atoms with E-state index < -0.39 is 21.2 Å². The number of aliphatic carboxylic acids is 1. The summed E-state index contributed by atoms with van der Waals surface area (Å²) in [6.07, 6.45) is 2.42. The van der Waals surface area contributed by atoms with Gasteiger partial charge in [-0.05, 0) is 43.0 Å². The smallest absolute Gasteiger partial charge is 0.311 e. The Hall–Kier alpha value is -2.09. The minimum atomic E-state index is -3.23. The Morgan fingerprint density at radius 3 is 2.37 bits per heavy atom. The van der Waals surface area contributed by atoms with Gasteiger partial charge in [0.1, 0.15) is 5.75 Å². The number of hydrogen-bond acceptors (Lipinski definition) is 5. The Labute approximate surface area is 160 Å². The summed E-state index contributed by atoms with van der Waals surface area (Å²) in [5.74, 6) is -0.393. The summed E-state index contributed by atoms with van der Waals surface area (Å²) in [4.78, 5) is 25.9. The number of carbonyl (C=O) groups excluding carboxylic acids is 1. The molecule has 150 valence electrons. The summed E-state index contributed by atoms with van der Waals surface area (Å²) in [5, 5.41) is 9.55. The number of benzene rings is 1. The zero-order valence-electron chi connectivity index (χ0n) is 16.0. The van der Waals surface area contributed by atoms with Crippen LogP contribution in [0.4, 0.5) is 0 Å². The first-order valence-corrected chi connectivity index (χ1v) is 10.9. The van der Waals surface area contributed by atoms with Gasteiger partial charge in [-0.15, -0.1) is 0 Å². The van der Waals surface area contributed by atoms with Crippen molar-refractivity contribution in [2.24, 2.45) is 11.3 Å². The van der Waals surface area contributed by atoms with Crippen LogP contribution in [-0.4, -0.2) is 56.3 Å². The fourth-order valence-corrected chi connectivity index (χ4v) is 3.92. The van der Waals surface area contributed by atoms with E-state index in [1.807, 2.05) is 13.8 Å². The minimum Gasteiger partial charge on any atom is -0.494 e. The summed E-state index contributed by atoms with van der Waals surface area (Å²) in [6.45, 7) is 4.81. The van der Waals surface area contributed by atoms with Gasteiger partial charge >= 0.3 is 5.97 Å². The van der Waals surface area contributed by atoms with Crippen molar-refractivity contribution in [1.82, 2.24) is 4.90 Å². The molecule has 1 aromatic carbocycles. The number of ether oxygens (including phenoxy) is 1. The second kappa shape index (κ2) is 8.29. The molecule has 1 heterocycles. The van der Waals surface area contributed by atoms with Crippen molar-refractivity contribution in [1.29, 1.82) is 0 Å². The fraction of sp³-hybridized carbons (Fsp3) is 0.579. The minimum absolute atomic E-state index is 0.0361. The molecule has 1 N–H and O–H groups in total. The molecule has 1 saturated heterocycles. The monoisotopic (exact) mass is 397 g/mol. The van der Waals surface area contributed by atoms with Crippen LogP contribution in [0.1, 0.15) is 33.1 Å². The van der Waals surface area contributed by atoms with Gasteiger partial charge in [0.2, 0.25) is 5.91 Å². The first-order valence-electron chi connectivity index (χ1n) is 9.00. The van der Waals surface area contributed by atoms with E-state index in [1.165, 1.54) is 12.1 Å². The molecule has 1 aliphatic rings. The summed E-state index contributed by atoms with van der Waals surface area (Å²) >= 11 is 0. The Bertz CT molecular complexity index is 787. The first-order chi connectivity index (χ1) is 12.6. The third-order valence-corrected chi connectivity index (χ3v) is 6.37. The Morgan fingerprint density at radius 1 is 1.26 bits per heavy atom. The number of amides is 1. The van der Waals surface area contributed by atoms with E-state index in [1.54, 1.807) is 17.0 Å². The van der Waals surface area contributed by atoms with Gasteiger partial charge in [0.15, 0.2) is 9.84 Å². The number of carbonyl (C=O) groups is 2. The molecule has 1 amide bonds. The van der Waals surface area contributed by atoms with Crippen LogP contribution in [0.15, 0.2) is 29.2 Å². The van der Waals surface area contributed by atoms with Gasteiger partial charge in [-0.3, -0.25) is 9.59 Å². The van der Waals surface area contributed by atoms with E-state index >= 15 is 0 Å². The SMILES string of the molecule is CC(C)C1(C(=O)O)CCN(C(=O)CCCOc2ccc(S(C)(=O)=O)cc2)C1. The highest BCUT2D eigenvalue weighted by atomic mass is 32.2. The van der Waals surface area contributed by atoms with Gasteiger partial charge in [0.25, 0.3) is 0 Å². The van der Waals surface area contributed by atoms with Crippen LogP contribution in [0.25, 0.3) is 0 Å². The third-order valence-electron chi connectivity index (χ3n) is 5.24. The molecule has 0 saturated carbocycles. The van der Waals surface area contributed by atoms with Gasteiger partial charge in [0.05, 0.1) is 16.9 Å². The van der Waals surface area contributed by atoms with E-state index in [0.717, 1.165) is 6.26 Å². The van der Waals surface area contributed by atoms with Gasteiger partial charge in [-0.1, -0.05) is 13.8 Å². The van der Waals surface area contributed by atoms with Crippen LogP contribution in [-0.2, 0) is 19.4 Å². The molecule has 0 spiro atoms. The van der Waals surface area contributed by atoms with Crippen molar-refractivity contribution in [3.05, 3.63) is 24.3 Å². The number of rotatable bonds is 8. The average molecular weight is 397 g/mol. The number of carboxylic acid groups (broad SMARTS) is 1. The molecule has 1 unspecified atom stereocenters. The van der Waals surface area contributed by atoms with Crippen molar-refractivity contribution in [3.63, 3.8) is 0 Å². The number of sulfone groups is 1. The molecule has 1 aromatic rings. The van der Waals surface area contributed by atoms with Crippen LogP contribution in [0.5, 0.6) is 5.75 Å². The van der Waals surface area contributed by atoms with Crippen LogP contribution < -0.4 is 4.74 Å². The zero-order chi connectivity index (χ0) is 20.2. The van der Waals surface area contributed by atoms with E-state index in [0.29, 0.717) is 31.7 Å². The summed E-state index contributed by atoms with van der Waals surface area (Å²) in [7, 11) is -3.23. The predicted octanol–water partition coefficient (Wildman–Crippen LogP) is 2.21. The second-order valence-electron chi connectivity index (χ2n) is 7.38. The summed E-state index contributed by atoms with van der Waals surface area (Å²) in [6, 6.07) is 6.14. The normalized spacial score (nSPS) is 20.1. The van der Waals surface area contributed by atoms with Crippen LogP contribution in [0.3, 0.4) is 0 Å². The zero-order valence-corrected chi connectivity index (χ0v) is 16.8. The summed E-state index contributed by atoms with van der Waals surface area (Å²) in [5.41, 5.74) is -0.854. The molecule has 8 heteroatoms. The highest BCUT2D eigenvalue weighted by Crippen LogP contribution is 2.38. The lowest BCUT2D eigenvalue weighted by atomic mass is 9.76. The van der Waals surface area contributed by atoms with Crippen molar-refractivity contribution >= 4 is 21.7 Å². The van der Waals surface area contributed by atoms with Crippen molar-refractivity contribution < 1.29 is 27.9 Å². The van der Waals surface area contributed by atoms with Crippen molar-refractivity contribution in [2.45, 2.75) is 38.0 Å². The average Bonchev–Trinajstić information content (AvgIpc) is 3.05. The van der Waals surface area contributed by atoms with E-state index in [9.17, 15) is 23.1 Å². The molecule has 1 atom stereocenters. The third kappa shape index (κ3) is 5.00. The van der Waals surface area contributed by atoms with Crippen molar-refractivity contribution in [2.75, 3.05) is 26.0 Å². The fourth-order valence-electron chi connectivity index (χ4n) is 3.29. The highest BCUT2D eigenvalue weighted by Gasteiger charge is 2.48. The maximum atomic E-state index is 12.4. The molecule has 0 radical (unpaired) electrons. The topological polar surface area (TPSA) is 101 Å². The number of likely N-dealkylation sites (tertiary alicyclic amines) is 1. The Balaban J connectivity index is 1.79.